The Balaban J connectivity index is 1.77. The van der Waals surface area contributed by atoms with Crippen molar-refractivity contribution >= 4 is 24.2 Å². The molecule has 6 heteroatoms. The number of rotatable bonds is 4. The zero-order valence-corrected chi connectivity index (χ0v) is 15.6. The van der Waals surface area contributed by atoms with Gasteiger partial charge in [0, 0.05) is 5.02 Å². The summed E-state index contributed by atoms with van der Waals surface area (Å²) in [5.41, 5.74) is 0.399. The van der Waals surface area contributed by atoms with Gasteiger partial charge in [0.25, 0.3) is 0 Å². The van der Waals surface area contributed by atoms with E-state index in [2.05, 4.69) is 0 Å². The van der Waals surface area contributed by atoms with Crippen LogP contribution >= 0.6 is 11.6 Å². The lowest BCUT2D eigenvalue weighted by Gasteiger charge is -2.32. The molecule has 2 aromatic rings. The maximum atomic E-state index is 14.1. The molecule has 0 atom stereocenters. The second-order valence-electron chi connectivity index (χ2n) is 7.23. The summed E-state index contributed by atoms with van der Waals surface area (Å²) in [6, 6.07) is 11.8. The molecular formula is C19H21BClFO3. The van der Waals surface area contributed by atoms with Crippen molar-refractivity contribution in [3.8, 4) is 5.75 Å². The van der Waals surface area contributed by atoms with Crippen LogP contribution < -0.4 is 10.2 Å². The Hall–Kier alpha value is -1.56. The molecule has 0 saturated carbocycles. The van der Waals surface area contributed by atoms with E-state index in [1.54, 1.807) is 24.3 Å². The third-order valence-electron chi connectivity index (χ3n) is 4.71. The standard InChI is InChI=1S/C19H21BClFO3/c1-18(2)19(3,4)25-20(24-18)14-8-13(9-16(22)10-14)12-23-17-7-5-6-15(21)11-17/h5-11H,12H2,1-4H3. The molecule has 3 rings (SSSR count). The molecule has 3 nitrogen and oxygen atoms in total. The molecule has 1 aliphatic heterocycles. The molecular weight excluding hydrogens is 341 g/mol. The van der Waals surface area contributed by atoms with Gasteiger partial charge in [-0.25, -0.2) is 4.39 Å². The first-order valence-corrected chi connectivity index (χ1v) is 8.57. The number of hydrogen-bond acceptors (Lipinski definition) is 3. The minimum atomic E-state index is -0.606. The molecule has 25 heavy (non-hydrogen) atoms. The summed E-state index contributed by atoms with van der Waals surface area (Å²) < 4.78 is 31.7. The van der Waals surface area contributed by atoms with Crippen LogP contribution in [0.3, 0.4) is 0 Å². The van der Waals surface area contributed by atoms with Crippen molar-refractivity contribution < 1.29 is 18.4 Å². The number of ether oxygens (including phenoxy) is 1. The molecule has 1 saturated heterocycles. The van der Waals surface area contributed by atoms with Crippen molar-refractivity contribution in [3.05, 3.63) is 58.9 Å². The summed E-state index contributed by atoms with van der Waals surface area (Å²) in [4.78, 5) is 0. The fourth-order valence-corrected chi connectivity index (χ4v) is 2.78. The van der Waals surface area contributed by atoms with Crippen molar-refractivity contribution in [2.75, 3.05) is 0 Å². The van der Waals surface area contributed by atoms with E-state index in [1.807, 2.05) is 33.8 Å². The van der Waals surface area contributed by atoms with Crippen LogP contribution in [0.2, 0.25) is 5.02 Å². The monoisotopic (exact) mass is 362 g/mol. The highest BCUT2D eigenvalue weighted by Gasteiger charge is 2.51. The second-order valence-corrected chi connectivity index (χ2v) is 7.66. The molecule has 0 bridgehead atoms. The normalized spacial score (nSPS) is 18.4. The van der Waals surface area contributed by atoms with E-state index in [4.69, 9.17) is 25.6 Å². The lowest BCUT2D eigenvalue weighted by molar-refractivity contribution is 0.00578. The zero-order valence-electron chi connectivity index (χ0n) is 14.8. The van der Waals surface area contributed by atoms with Gasteiger partial charge in [-0.2, -0.15) is 0 Å². The summed E-state index contributed by atoms with van der Waals surface area (Å²) in [6.07, 6.45) is 0. The van der Waals surface area contributed by atoms with Gasteiger partial charge in [0.2, 0.25) is 0 Å². The van der Waals surface area contributed by atoms with Crippen LogP contribution in [0, 0.1) is 5.82 Å². The van der Waals surface area contributed by atoms with E-state index in [1.165, 1.54) is 12.1 Å². The summed E-state index contributed by atoms with van der Waals surface area (Å²) in [5, 5.41) is 0.592. The van der Waals surface area contributed by atoms with Gasteiger partial charge in [-0.05, 0) is 69.1 Å². The van der Waals surface area contributed by atoms with Gasteiger partial charge in [0.15, 0.2) is 0 Å². The van der Waals surface area contributed by atoms with Crippen LogP contribution in [0.25, 0.3) is 0 Å². The third kappa shape index (κ3) is 4.00. The molecule has 0 aliphatic carbocycles. The Kier molecular flexibility index (Phi) is 4.84. The van der Waals surface area contributed by atoms with Crippen LogP contribution in [-0.4, -0.2) is 18.3 Å². The smallest absolute Gasteiger partial charge is 0.489 e. The van der Waals surface area contributed by atoms with Gasteiger partial charge in [-0.15, -0.1) is 0 Å². The summed E-state index contributed by atoms with van der Waals surface area (Å²) in [5.74, 6) is 0.283. The average molecular weight is 363 g/mol. The third-order valence-corrected chi connectivity index (χ3v) is 4.94. The molecule has 0 unspecified atom stereocenters. The first-order chi connectivity index (χ1) is 11.7. The van der Waals surface area contributed by atoms with Gasteiger partial charge in [-0.3, -0.25) is 0 Å². The molecule has 0 N–H and O–H groups in total. The lowest BCUT2D eigenvalue weighted by atomic mass is 9.78. The number of hydrogen-bond donors (Lipinski definition) is 0. The molecule has 1 heterocycles. The van der Waals surface area contributed by atoms with Crippen molar-refractivity contribution in [1.29, 1.82) is 0 Å². The van der Waals surface area contributed by atoms with E-state index in [9.17, 15) is 4.39 Å². The van der Waals surface area contributed by atoms with Crippen molar-refractivity contribution in [2.45, 2.75) is 45.5 Å². The highest BCUT2D eigenvalue weighted by Crippen LogP contribution is 2.36. The van der Waals surface area contributed by atoms with Crippen LogP contribution in [0.15, 0.2) is 42.5 Å². The van der Waals surface area contributed by atoms with Crippen molar-refractivity contribution in [2.24, 2.45) is 0 Å². The number of benzene rings is 2. The first-order valence-electron chi connectivity index (χ1n) is 8.20. The minimum Gasteiger partial charge on any atom is -0.489 e. The quantitative estimate of drug-likeness (QED) is 0.757. The highest BCUT2D eigenvalue weighted by atomic mass is 35.5. The SMILES string of the molecule is CC1(C)OB(c2cc(F)cc(COc3cccc(Cl)c3)c2)OC1(C)C. The fraction of sp³-hybridized carbons (Fsp3) is 0.368. The van der Waals surface area contributed by atoms with Crippen LogP contribution in [-0.2, 0) is 15.9 Å². The van der Waals surface area contributed by atoms with E-state index in [0.717, 1.165) is 0 Å². The van der Waals surface area contributed by atoms with Gasteiger partial charge >= 0.3 is 7.12 Å². The van der Waals surface area contributed by atoms with Crippen molar-refractivity contribution in [1.82, 2.24) is 0 Å². The fourth-order valence-electron chi connectivity index (χ4n) is 2.60. The lowest BCUT2D eigenvalue weighted by Crippen LogP contribution is -2.41. The van der Waals surface area contributed by atoms with Gasteiger partial charge in [-0.1, -0.05) is 23.7 Å². The zero-order chi connectivity index (χ0) is 18.2. The molecule has 0 aromatic heterocycles. The van der Waals surface area contributed by atoms with E-state index in [-0.39, 0.29) is 12.4 Å². The average Bonchev–Trinajstić information content (AvgIpc) is 2.73. The molecule has 132 valence electrons. The van der Waals surface area contributed by atoms with E-state index < -0.39 is 18.3 Å². The molecule has 0 amide bonds. The van der Waals surface area contributed by atoms with E-state index >= 15 is 0 Å². The predicted molar refractivity (Wildman–Crippen MR) is 97.9 cm³/mol. The summed E-state index contributed by atoms with van der Waals surface area (Å²) >= 11 is 5.94. The predicted octanol–water partition coefficient (Wildman–Crippen LogP) is 4.36. The second kappa shape index (κ2) is 6.63. The maximum absolute atomic E-state index is 14.1. The Labute approximate surface area is 153 Å². The largest absolute Gasteiger partial charge is 0.494 e. The molecule has 1 aliphatic rings. The molecule has 0 spiro atoms. The number of halogens is 2. The maximum Gasteiger partial charge on any atom is 0.494 e. The minimum absolute atomic E-state index is 0.227. The van der Waals surface area contributed by atoms with Gasteiger partial charge in [0.1, 0.15) is 18.2 Å². The van der Waals surface area contributed by atoms with Gasteiger partial charge in [0.05, 0.1) is 11.2 Å². The Morgan fingerprint density at radius 1 is 1.04 bits per heavy atom. The Morgan fingerprint density at radius 2 is 1.72 bits per heavy atom. The molecule has 2 aromatic carbocycles. The highest BCUT2D eigenvalue weighted by molar-refractivity contribution is 6.62. The van der Waals surface area contributed by atoms with Crippen LogP contribution in [0.5, 0.6) is 5.75 Å². The Bertz CT molecular complexity index is 763. The summed E-state index contributed by atoms with van der Waals surface area (Å²) in [7, 11) is -0.606. The summed E-state index contributed by atoms with van der Waals surface area (Å²) in [6.45, 7) is 8.10. The molecule has 0 radical (unpaired) electrons. The first kappa shape index (κ1) is 18.2. The van der Waals surface area contributed by atoms with Gasteiger partial charge < -0.3 is 14.0 Å². The Morgan fingerprint density at radius 3 is 2.36 bits per heavy atom. The van der Waals surface area contributed by atoms with Crippen LogP contribution in [0.1, 0.15) is 33.3 Å². The molecule has 1 fully saturated rings. The van der Waals surface area contributed by atoms with E-state index in [0.29, 0.717) is 21.8 Å². The topological polar surface area (TPSA) is 27.7 Å². The van der Waals surface area contributed by atoms with Crippen molar-refractivity contribution in [3.63, 3.8) is 0 Å². The van der Waals surface area contributed by atoms with Crippen LogP contribution in [0.4, 0.5) is 4.39 Å².